The average Bonchev–Trinajstić information content (AvgIpc) is 3.42. The highest BCUT2D eigenvalue weighted by molar-refractivity contribution is 7.91. The molecule has 3 heterocycles. The first-order valence-corrected chi connectivity index (χ1v) is 12.3. The minimum atomic E-state index is -3.51. The molecule has 0 unspecified atom stereocenters. The molecule has 0 aromatic carbocycles. The van der Waals surface area contributed by atoms with Gasteiger partial charge >= 0.3 is 0 Å². The van der Waals surface area contributed by atoms with Crippen molar-refractivity contribution in [1.82, 2.24) is 9.71 Å². The monoisotopic (exact) mass is 422 g/mol. The molecule has 0 aliphatic heterocycles. The molecule has 0 radical (unpaired) electrons. The molecule has 8 heteroatoms. The van der Waals surface area contributed by atoms with Crippen molar-refractivity contribution in [2.45, 2.75) is 49.2 Å². The van der Waals surface area contributed by atoms with Crippen molar-refractivity contribution in [3.8, 4) is 10.6 Å². The van der Waals surface area contributed by atoms with E-state index < -0.39 is 10.0 Å². The zero-order valence-electron chi connectivity index (χ0n) is 15.1. The third kappa shape index (κ3) is 4.18. The quantitative estimate of drug-likeness (QED) is 0.585. The van der Waals surface area contributed by atoms with Gasteiger partial charge in [0.25, 0.3) is 0 Å². The summed E-state index contributed by atoms with van der Waals surface area (Å²) < 4.78 is 34.0. The van der Waals surface area contributed by atoms with Crippen LogP contribution in [0.4, 0.5) is 0 Å². The maximum Gasteiger partial charge on any atom is 0.250 e. The number of sulfonamides is 1. The van der Waals surface area contributed by atoms with Crippen LogP contribution in [-0.2, 0) is 16.4 Å². The van der Waals surface area contributed by atoms with Crippen LogP contribution in [0.3, 0.4) is 0 Å². The summed E-state index contributed by atoms with van der Waals surface area (Å²) in [6, 6.07) is 5.48. The Labute approximate surface area is 167 Å². The molecule has 0 bridgehead atoms. The van der Waals surface area contributed by atoms with Crippen molar-refractivity contribution in [2.24, 2.45) is 0 Å². The van der Waals surface area contributed by atoms with Gasteiger partial charge in [0.05, 0.1) is 11.1 Å². The first-order valence-electron chi connectivity index (χ1n) is 9.11. The van der Waals surface area contributed by atoms with Crippen LogP contribution in [0.25, 0.3) is 10.6 Å². The molecule has 0 spiro atoms. The van der Waals surface area contributed by atoms with Crippen LogP contribution >= 0.6 is 22.7 Å². The van der Waals surface area contributed by atoms with Crippen molar-refractivity contribution in [2.75, 3.05) is 6.54 Å². The molecule has 0 saturated heterocycles. The van der Waals surface area contributed by atoms with Gasteiger partial charge in [0.1, 0.15) is 4.21 Å². The lowest BCUT2D eigenvalue weighted by molar-refractivity contribution is 0.458. The Bertz CT molecular complexity index is 1010. The first-order chi connectivity index (χ1) is 13.0. The highest BCUT2D eigenvalue weighted by atomic mass is 32.2. The molecule has 0 atom stereocenters. The topological polar surface area (TPSA) is 72.2 Å². The molecular weight excluding hydrogens is 400 g/mol. The fourth-order valence-electron chi connectivity index (χ4n) is 3.39. The summed E-state index contributed by atoms with van der Waals surface area (Å²) >= 11 is 2.88. The van der Waals surface area contributed by atoms with E-state index >= 15 is 0 Å². The average molecular weight is 423 g/mol. The van der Waals surface area contributed by atoms with Crippen molar-refractivity contribution in [3.05, 3.63) is 46.1 Å². The Hall–Kier alpha value is -1.48. The third-order valence-corrected chi connectivity index (χ3v) is 9.06. The van der Waals surface area contributed by atoms with Crippen LogP contribution in [0.1, 0.15) is 47.9 Å². The normalized spacial score (nSPS) is 15.6. The Balaban J connectivity index is 1.42. The van der Waals surface area contributed by atoms with Gasteiger partial charge in [0, 0.05) is 17.3 Å². The van der Waals surface area contributed by atoms with E-state index in [4.69, 9.17) is 4.42 Å². The van der Waals surface area contributed by atoms with E-state index in [1.54, 1.807) is 29.7 Å². The molecule has 27 heavy (non-hydrogen) atoms. The number of oxazole rings is 1. The summed E-state index contributed by atoms with van der Waals surface area (Å²) in [5.41, 5.74) is 1.21. The van der Waals surface area contributed by atoms with Gasteiger partial charge in [-0.15, -0.1) is 22.7 Å². The summed E-state index contributed by atoms with van der Waals surface area (Å²) in [4.78, 5) is 6.41. The zero-order valence-corrected chi connectivity index (χ0v) is 17.6. The van der Waals surface area contributed by atoms with Gasteiger partial charge in [-0.1, -0.05) is 12.8 Å². The number of hydrogen-bond donors (Lipinski definition) is 1. The Morgan fingerprint density at radius 1 is 1.26 bits per heavy atom. The molecule has 1 fully saturated rings. The number of rotatable bonds is 7. The SMILES string of the molecule is Cc1ccsc1CCNS(=O)(=O)c1ccc(-c2cnc(C3CCCC3)o2)s1. The molecule has 0 amide bonds. The van der Waals surface area contributed by atoms with Crippen LogP contribution < -0.4 is 4.72 Å². The zero-order chi connectivity index (χ0) is 18.9. The van der Waals surface area contributed by atoms with Crippen molar-refractivity contribution < 1.29 is 12.8 Å². The number of hydrogen-bond acceptors (Lipinski definition) is 6. The summed E-state index contributed by atoms with van der Waals surface area (Å²) in [5.74, 6) is 1.84. The van der Waals surface area contributed by atoms with Gasteiger partial charge in [-0.2, -0.15) is 0 Å². The minimum absolute atomic E-state index is 0.305. The highest BCUT2D eigenvalue weighted by Crippen LogP contribution is 2.37. The predicted molar refractivity (Wildman–Crippen MR) is 109 cm³/mol. The van der Waals surface area contributed by atoms with E-state index in [9.17, 15) is 8.42 Å². The summed E-state index contributed by atoms with van der Waals surface area (Å²) in [7, 11) is -3.51. The van der Waals surface area contributed by atoms with Crippen LogP contribution in [0.2, 0.25) is 0 Å². The van der Waals surface area contributed by atoms with Crippen LogP contribution in [0, 0.1) is 6.92 Å². The Morgan fingerprint density at radius 3 is 2.81 bits per heavy atom. The number of thiophene rings is 2. The molecule has 5 nitrogen and oxygen atoms in total. The Morgan fingerprint density at radius 2 is 2.07 bits per heavy atom. The second-order valence-corrected chi connectivity index (χ2v) is 10.9. The maximum atomic E-state index is 12.6. The van der Waals surface area contributed by atoms with Crippen molar-refractivity contribution in [3.63, 3.8) is 0 Å². The minimum Gasteiger partial charge on any atom is -0.440 e. The van der Waals surface area contributed by atoms with E-state index in [0.717, 1.165) is 23.6 Å². The first kappa shape index (κ1) is 18.9. The van der Waals surface area contributed by atoms with Gasteiger partial charge in [0.2, 0.25) is 10.0 Å². The van der Waals surface area contributed by atoms with Gasteiger partial charge < -0.3 is 4.42 Å². The lowest BCUT2D eigenvalue weighted by atomic mass is 10.1. The van der Waals surface area contributed by atoms with E-state index in [1.165, 1.54) is 34.6 Å². The molecule has 144 valence electrons. The Kier molecular flexibility index (Phi) is 5.50. The van der Waals surface area contributed by atoms with Gasteiger partial charge in [0.15, 0.2) is 11.7 Å². The van der Waals surface area contributed by atoms with Crippen LogP contribution in [-0.4, -0.2) is 19.9 Å². The van der Waals surface area contributed by atoms with Crippen LogP contribution in [0.15, 0.2) is 38.4 Å². The second kappa shape index (κ2) is 7.87. The van der Waals surface area contributed by atoms with E-state index in [2.05, 4.69) is 15.8 Å². The van der Waals surface area contributed by atoms with E-state index in [0.29, 0.717) is 28.9 Å². The standard InChI is InChI=1S/C19H22N2O3S3/c1-13-9-11-25-16(13)8-10-21-27(22,23)18-7-6-17(26-18)15-12-20-19(24-15)14-4-2-3-5-14/h6-7,9,11-12,14,21H,2-5,8,10H2,1H3. The number of nitrogens with zero attached hydrogens (tertiary/aromatic N) is 1. The fraction of sp³-hybridized carbons (Fsp3) is 0.421. The largest absolute Gasteiger partial charge is 0.440 e. The lowest BCUT2D eigenvalue weighted by Crippen LogP contribution is -2.25. The molecule has 1 saturated carbocycles. The summed E-state index contributed by atoms with van der Waals surface area (Å²) in [6.07, 6.45) is 7.10. The van der Waals surface area contributed by atoms with Gasteiger partial charge in [-0.25, -0.2) is 18.1 Å². The van der Waals surface area contributed by atoms with Gasteiger partial charge in [-0.05, 0) is 55.3 Å². The molecule has 3 aromatic rings. The molecule has 1 aliphatic carbocycles. The third-order valence-electron chi connectivity index (χ3n) is 4.93. The molecule has 4 rings (SSSR count). The number of aryl methyl sites for hydroxylation is 1. The predicted octanol–water partition coefficient (Wildman–Crippen LogP) is 4.95. The van der Waals surface area contributed by atoms with Gasteiger partial charge in [-0.3, -0.25) is 0 Å². The van der Waals surface area contributed by atoms with Crippen molar-refractivity contribution >= 4 is 32.7 Å². The van der Waals surface area contributed by atoms with Crippen molar-refractivity contribution in [1.29, 1.82) is 0 Å². The number of nitrogens with one attached hydrogen (secondary N) is 1. The lowest BCUT2D eigenvalue weighted by Gasteiger charge is -2.04. The second-order valence-electron chi connectivity index (χ2n) is 6.84. The summed E-state index contributed by atoms with van der Waals surface area (Å²) in [5, 5.41) is 2.03. The number of aromatic nitrogens is 1. The van der Waals surface area contributed by atoms with Crippen LogP contribution in [0.5, 0.6) is 0 Å². The molecule has 1 N–H and O–H groups in total. The molecular formula is C19H22N2O3S3. The smallest absolute Gasteiger partial charge is 0.250 e. The fourth-order valence-corrected chi connectivity index (χ4v) is 6.63. The van der Waals surface area contributed by atoms with E-state index in [-0.39, 0.29) is 0 Å². The molecule has 1 aliphatic rings. The highest BCUT2D eigenvalue weighted by Gasteiger charge is 2.23. The summed E-state index contributed by atoms with van der Waals surface area (Å²) in [6.45, 7) is 2.44. The van der Waals surface area contributed by atoms with E-state index in [1.807, 2.05) is 12.3 Å². The molecule has 3 aromatic heterocycles. The maximum absolute atomic E-state index is 12.6.